The van der Waals surface area contributed by atoms with Gasteiger partial charge in [0, 0.05) is 38.6 Å². The van der Waals surface area contributed by atoms with Crippen LogP contribution in [0.4, 0.5) is 0 Å². The third kappa shape index (κ3) is 5.02. The van der Waals surface area contributed by atoms with Crippen molar-refractivity contribution in [1.29, 1.82) is 0 Å². The molecule has 2 heterocycles. The van der Waals surface area contributed by atoms with Gasteiger partial charge in [0.05, 0.1) is 9.79 Å². The fourth-order valence-electron chi connectivity index (χ4n) is 3.74. The van der Waals surface area contributed by atoms with E-state index in [1.807, 2.05) is 0 Å². The van der Waals surface area contributed by atoms with E-state index in [0.29, 0.717) is 0 Å². The molecule has 1 aliphatic heterocycles. The Balaban J connectivity index is 1.63. The van der Waals surface area contributed by atoms with Crippen molar-refractivity contribution in [2.75, 3.05) is 19.6 Å². The molecule has 1 aromatic heterocycles. The predicted molar refractivity (Wildman–Crippen MR) is 125 cm³/mol. The molecule has 3 aromatic rings. The number of sulfonamides is 2. The second-order valence-electron chi connectivity index (χ2n) is 7.70. The van der Waals surface area contributed by atoms with E-state index < -0.39 is 32.0 Å². The van der Waals surface area contributed by atoms with E-state index in [9.17, 15) is 21.6 Å². The van der Waals surface area contributed by atoms with Gasteiger partial charge in [0.1, 0.15) is 6.04 Å². The van der Waals surface area contributed by atoms with Crippen LogP contribution in [0.2, 0.25) is 0 Å². The molecular weight excluding hydrogens is 476 g/mol. The molecule has 4 rings (SSSR count). The molecule has 1 atom stereocenters. The molecule has 0 bridgehead atoms. The van der Waals surface area contributed by atoms with Crippen LogP contribution in [0.25, 0.3) is 0 Å². The van der Waals surface area contributed by atoms with E-state index in [0.717, 1.165) is 14.2 Å². The van der Waals surface area contributed by atoms with Gasteiger partial charge in [0.15, 0.2) is 0 Å². The van der Waals surface area contributed by atoms with Crippen molar-refractivity contribution in [3.8, 4) is 0 Å². The molecule has 1 N–H and O–H groups in total. The first kappa shape index (κ1) is 24.0. The van der Waals surface area contributed by atoms with Gasteiger partial charge >= 0.3 is 0 Å². The van der Waals surface area contributed by atoms with Crippen LogP contribution < -0.4 is 5.32 Å². The third-order valence-electron chi connectivity index (χ3n) is 5.52. The van der Waals surface area contributed by atoms with Gasteiger partial charge in [-0.05, 0) is 35.9 Å². The Morgan fingerprint density at radius 1 is 0.853 bits per heavy atom. The number of benzene rings is 2. The number of hydrogen-bond donors (Lipinski definition) is 1. The number of amides is 1. The van der Waals surface area contributed by atoms with Gasteiger partial charge in [-0.15, -0.1) is 0 Å². The Bertz CT molecular complexity index is 1340. The van der Waals surface area contributed by atoms with Crippen molar-refractivity contribution in [1.82, 2.24) is 18.9 Å². The molecule has 9 nitrogen and oxygen atoms in total. The number of hydrogen-bond acceptors (Lipinski definition) is 6. The van der Waals surface area contributed by atoms with Crippen molar-refractivity contribution < 1.29 is 21.6 Å². The lowest BCUT2D eigenvalue weighted by molar-refractivity contribution is -0.126. The maximum Gasteiger partial charge on any atom is 0.243 e. The molecular formula is C23H24N4O5S2. The van der Waals surface area contributed by atoms with Gasteiger partial charge < -0.3 is 5.32 Å². The first-order chi connectivity index (χ1) is 16.3. The van der Waals surface area contributed by atoms with Gasteiger partial charge in [-0.25, -0.2) is 16.8 Å². The van der Waals surface area contributed by atoms with E-state index >= 15 is 0 Å². The van der Waals surface area contributed by atoms with Crippen LogP contribution in [0, 0.1) is 0 Å². The summed E-state index contributed by atoms with van der Waals surface area (Å²) >= 11 is 0. The average molecular weight is 501 g/mol. The molecule has 2 aromatic carbocycles. The van der Waals surface area contributed by atoms with Crippen LogP contribution in [0.15, 0.2) is 95.0 Å². The lowest BCUT2D eigenvalue weighted by Gasteiger charge is -2.38. The minimum absolute atomic E-state index is 0.0411. The summed E-state index contributed by atoms with van der Waals surface area (Å²) in [5.41, 5.74) is 0.734. The lowest BCUT2D eigenvalue weighted by atomic mass is 10.2. The van der Waals surface area contributed by atoms with Crippen LogP contribution in [0.3, 0.4) is 0 Å². The average Bonchev–Trinajstić information content (AvgIpc) is 2.88. The molecule has 1 unspecified atom stereocenters. The largest absolute Gasteiger partial charge is 0.351 e. The fourth-order valence-corrected chi connectivity index (χ4v) is 6.79. The third-order valence-corrected chi connectivity index (χ3v) is 9.32. The summed E-state index contributed by atoms with van der Waals surface area (Å²) < 4.78 is 55.3. The molecule has 1 amide bonds. The molecule has 178 valence electrons. The van der Waals surface area contributed by atoms with E-state index in [2.05, 4.69) is 10.3 Å². The lowest BCUT2D eigenvalue weighted by Crippen LogP contribution is -2.61. The number of piperazine rings is 1. The Morgan fingerprint density at radius 2 is 1.47 bits per heavy atom. The van der Waals surface area contributed by atoms with Crippen molar-refractivity contribution in [2.24, 2.45) is 0 Å². The molecule has 1 aliphatic rings. The number of aromatic nitrogens is 1. The molecule has 11 heteroatoms. The van der Waals surface area contributed by atoms with Crippen LogP contribution in [0.1, 0.15) is 5.56 Å². The van der Waals surface area contributed by atoms with Crippen molar-refractivity contribution >= 4 is 26.0 Å². The fraction of sp³-hybridized carbons (Fsp3) is 0.217. The number of carbonyl (C=O) groups excluding carboxylic acids is 1. The second-order valence-corrected chi connectivity index (χ2v) is 11.5. The van der Waals surface area contributed by atoms with Gasteiger partial charge in [-0.3, -0.25) is 9.78 Å². The molecule has 1 saturated heterocycles. The minimum Gasteiger partial charge on any atom is -0.351 e. The summed E-state index contributed by atoms with van der Waals surface area (Å²) in [7, 11) is -7.94. The van der Waals surface area contributed by atoms with E-state index in [1.165, 1.54) is 24.3 Å². The first-order valence-corrected chi connectivity index (χ1v) is 13.5. The highest BCUT2D eigenvalue weighted by molar-refractivity contribution is 7.89. The Kier molecular flexibility index (Phi) is 7.08. The topological polar surface area (TPSA) is 117 Å². The zero-order chi connectivity index (χ0) is 24.2. The zero-order valence-corrected chi connectivity index (χ0v) is 19.8. The highest BCUT2D eigenvalue weighted by atomic mass is 32.2. The first-order valence-electron chi connectivity index (χ1n) is 10.6. The molecule has 0 radical (unpaired) electrons. The number of nitrogens with one attached hydrogen (secondary N) is 1. The van der Waals surface area contributed by atoms with Crippen LogP contribution in [0.5, 0.6) is 0 Å². The highest BCUT2D eigenvalue weighted by Crippen LogP contribution is 2.25. The molecule has 0 aliphatic carbocycles. The van der Waals surface area contributed by atoms with Crippen LogP contribution in [-0.4, -0.2) is 62.0 Å². The smallest absolute Gasteiger partial charge is 0.243 e. The number of pyridine rings is 1. The summed E-state index contributed by atoms with van der Waals surface area (Å²) in [6.07, 6.45) is 3.19. The standard InChI is InChI=1S/C23H24N4O5S2/c28-23(25-17-19-8-7-13-24-16-19)22-18-26(33(29,30)20-9-3-1-4-10-20)14-15-27(22)34(31,32)21-11-5-2-6-12-21/h1-13,16,22H,14-15,17-18H2,(H,25,28). The Hall–Kier alpha value is -3.12. The van der Waals surface area contributed by atoms with E-state index in [-0.39, 0.29) is 36.0 Å². The van der Waals surface area contributed by atoms with Crippen LogP contribution >= 0.6 is 0 Å². The predicted octanol–water partition coefficient (Wildman–Crippen LogP) is 1.46. The minimum atomic E-state index is -4.03. The molecule has 0 saturated carbocycles. The monoisotopic (exact) mass is 500 g/mol. The number of carbonyl (C=O) groups is 1. The highest BCUT2D eigenvalue weighted by Gasteiger charge is 2.43. The molecule has 0 spiro atoms. The van der Waals surface area contributed by atoms with Crippen molar-refractivity contribution in [3.05, 3.63) is 90.8 Å². The zero-order valence-electron chi connectivity index (χ0n) is 18.2. The van der Waals surface area contributed by atoms with Crippen LogP contribution in [-0.2, 0) is 31.4 Å². The van der Waals surface area contributed by atoms with Gasteiger partial charge in [-0.1, -0.05) is 42.5 Å². The quantitative estimate of drug-likeness (QED) is 0.525. The molecule has 34 heavy (non-hydrogen) atoms. The maximum absolute atomic E-state index is 13.4. The van der Waals surface area contributed by atoms with Crippen molar-refractivity contribution in [2.45, 2.75) is 22.4 Å². The normalized spacial score (nSPS) is 17.8. The van der Waals surface area contributed by atoms with E-state index in [4.69, 9.17) is 0 Å². The van der Waals surface area contributed by atoms with Gasteiger partial charge in [0.25, 0.3) is 0 Å². The van der Waals surface area contributed by atoms with E-state index in [1.54, 1.807) is 60.9 Å². The summed E-state index contributed by atoms with van der Waals surface area (Å²) in [5, 5.41) is 2.73. The number of rotatable bonds is 7. The maximum atomic E-state index is 13.4. The Labute approximate surface area is 199 Å². The van der Waals surface area contributed by atoms with Gasteiger partial charge in [0.2, 0.25) is 26.0 Å². The summed E-state index contributed by atoms with van der Waals surface area (Å²) in [6.45, 7) is -0.403. The summed E-state index contributed by atoms with van der Waals surface area (Å²) in [4.78, 5) is 17.3. The number of nitrogens with zero attached hydrogens (tertiary/aromatic N) is 3. The SMILES string of the molecule is O=C(NCc1cccnc1)C1CN(S(=O)(=O)c2ccccc2)CCN1S(=O)(=O)c1ccccc1. The molecule has 1 fully saturated rings. The van der Waals surface area contributed by atoms with Gasteiger partial charge in [-0.2, -0.15) is 8.61 Å². The summed E-state index contributed by atoms with van der Waals surface area (Å²) in [6, 6.07) is 17.9. The summed E-state index contributed by atoms with van der Waals surface area (Å²) in [5.74, 6) is -0.587. The Morgan fingerprint density at radius 3 is 2.06 bits per heavy atom. The second kappa shape index (κ2) is 10.0. The van der Waals surface area contributed by atoms with Crippen molar-refractivity contribution in [3.63, 3.8) is 0 Å².